The van der Waals surface area contributed by atoms with E-state index in [4.69, 9.17) is 0 Å². The molecule has 0 bridgehead atoms. The summed E-state index contributed by atoms with van der Waals surface area (Å²) in [5.41, 5.74) is 0.521. The first-order valence-corrected chi connectivity index (χ1v) is 8.74. The summed E-state index contributed by atoms with van der Waals surface area (Å²) in [5.74, 6) is 0.314. The molecule has 0 saturated heterocycles. The number of hydrogen-bond donors (Lipinski definition) is 1. The highest BCUT2D eigenvalue weighted by molar-refractivity contribution is 9.10. The zero-order valence-corrected chi connectivity index (χ0v) is 15.2. The van der Waals surface area contributed by atoms with Crippen LogP contribution in [0.2, 0.25) is 0 Å². The molecule has 3 aromatic rings. The number of amides is 1. The summed E-state index contributed by atoms with van der Waals surface area (Å²) in [6, 6.07) is 5.01. The van der Waals surface area contributed by atoms with Crippen LogP contribution >= 0.6 is 27.3 Å². The number of likely N-dealkylation sites (N-methyl/N-ethyl adjacent to an activating group) is 1. The maximum absolute atomic E-state index is 12.0. The molecule has 0 aromatic carbocycles. The maximum atomic E-state index is 12.0. The molecule has 0 saturated carbocycles. The van der Waals surface area contributed by atoms with E-state index in [1.807, 2.05) is 5.38 Å². The lowest BCUT2D eigenvalue weighted by Crippen LogP contribution is -2.30. The van der Waals surface area contributed by atoms with Crippen molar-refractivity contribution in [2.24, 2.45) is 0 Å². The monoisotopic (exact) mass is 407 g/mol. The van der Waals surface area contributed by atoms with Crippen molar-refractivity contribution >= 4 is 44.0 Å². The number of carbonyl (C=O) groups excluding carboxylic acids is 1. The van der Waals surface area contributed by atoms with Gasteiger partial charge in [-0.2, -0.15) is 0 Å². The average molecular weight is 408 g/mol. The van der Waals surface area contributed by atoms with Gasteiger partial charge in [-0.25, -0.2) is 9.97 Å². The van der Waals surface area contributed by atoms with Crippen LogP contribution in [0.4, 0.5) is 5.82 Å². The van der Waals surface area contributed by atoms with Crippen molar-refractivity contribution in [1.29, 1.82) is 0 Å². The Balaban J connectivity index is 1.61. The molecule has 0 atom stereocenters. The van der Waals surface area contributed by atoms with E-state index in [0.717, 1.165) is 4.47 Å². The van der Waals surface area contributed by atoms with Gasteiger partial charge in [-0.15, -0.1) is 11.3 Å². The predicted octanol–water partition coefficient (Wildman–Crippen LogP) is 1.98. The number of fused-ring (bicyclic) bond motifs is 1. The minimum absolute atomic E-state index is 0.117. The summed E-state index contributed by atoms with van der Waals surface area (Å²) in [4.78, 5) is 35.0. The Morgan fingerprint density at radius 3 is 3.04 bits per heavy atom. The van der Waals surface area contributed by atoms with Gasteiger partial charge in [0.2, 0.25) is 5.91 Å². The molecule has 0 radical (unpaired) electrons. The van der Waals surface area contributed by atoms with Crippen LogP contribution in [0.3, 0.4) is 0 Å². The van der Waals surface area contributed by atoms with Crippen LogP contribution in [0.15, 0.2) is 45.2 Å². The Labute approximate surface area is 150 Å². The highest BCUT2D eigenvalue weighted by Gasteiger charge is 2.10. The van der Waals surface area contributed by atoms with Crippen molar-refractivity contribution in [2.75, 3.05) is 18.9 Å². The third kappa shape index (κ3) is 4.05. The fourth-order valence-electron chi connectivity index (χ4n) is 2.18. The Kier molecular flexibility index (Phi) is 5.03. The van der Waals surface area contributed by atoms with E-state index in [2.05, 4.69) is 31.2 Å². The molecule has 0 unspecified atom stereocenters. The molecule has 3 rings (SSSR count). The van der Waals surface area contributed by atoms with Gasteiger partial charge in [0.1, 0.15) is 5.82 Å². The van der Waals surface area contributed by atoms with Crippen LogP contribution in [-0.2, 0) is 11.3 Å². The van der Waals surface area contributed by atoms with Gasteiger partial charge in [-0.3, -0.25) is 18.9 Å². The summed E-state index contributed by atoms with van der Waals surface area (Å²) in [6.45, 7) is 0.577. The summed E-state index contributed by atoms with van der Waals surface area (Å²) < 4.78 is 2.35. The van der Waals surface area contributed by atoms with E-state index in [0.29, 0.717) is 23.0 Å². The van der Waals surface area contributed by atoms with Crippen molar-refractivity contribution < 1.29 is 4.79 Å². The zero-order valence-electron chi connectivity index (χ0n) is 12.8. The second kappa shape index (κ2) is 7.20. The predicted molar refractivity (Wildman–Crippen MR) is 96.2 cm³/mol. The van der Waals surface area contributed by atoms with Gasteiger partial charge in [0.25, 0.3) is 5.56 Å². The Hall–Kier alpha value is -2.10. The lowest BCUT2D eigenvalue weighted by atomic mass is 10.3. The van der Waals surface area contributed by atoms with Gasteiger partial charge in [0.15, 0.2) is 4.96 Å². The van der Waals surface area contributed by atoms with Gasteiger partial charge in [0.05, 0.1) is 12.2 Å². The number of hydrogen-bond acceptors (Lipinski definition) is 6. The average Bonchev–Trinajstić information content (AvgIpc) is 2.98. The fraction of sp³-hybridized carbons (Fsp3) is 0.200. The molecular weight excluding hydrogens is 394 g/mol. The summed E-state index contributed by atoms with van der Waals surface area (Å²) in [5, 5.41) is 4.54. The molecule has 0 fully saturated rings. The van der Waals surface area contributed by atoms with Gasteiger partial charge >= 0.3 is 0 Å². The molecule has 3 heterocycles. The molecule has 0 aliphatic heterocycles. The number of nitrogens with one attached hydrogen (secondary N) is 1. The molecule has 0 aliphatic rings. The number of anilines is 1. The minimum Gasteiger partial charge on any atom is -0.310 e. The van der Waals surface area contributed by atoms with Gasteiger partial charge in [-0.1, -0.05) is 0 Å². The standard InChI is InChI=1S/C15H14BrN5O2S/c1-20(9-13(22)19-12-3-2-10(16)7-17-12)8-11-6-14(23)21-4-5-24-15(21)18-11/h2-7H,8-9H2,1H3,(H,17,19,22). The van der Waals surface area contributed by atoms with Crippen molar-refractivity contribution in [1.82, 2.24) is 19.3 Å². The van der Waals surface area contributed by atoms with E-state index >= 15 is 0 Å². The number of nitrogens with zero attached hydrogens (tertiary/aromatic N) is 4. The van der Waals surface area contributed by atoms with Crippen LogP contribution in [-0.4, -0.2) is 38.8 Å². The van der Waals surface area contributed by atoms with E-state index in [-0.39, 0.29) is 18.0 Å². The molecule has 1 N–H and O–H groups in total. The second-order valence-electron chi connectivity index (χ2n) is 5.22. The number of pyridine rings is 1. The number of rotatable bonds is 5. The number of carbonyl (C=O) groups is 1. The Morgan fingerprint density at radius 1 is 1.46 bits per heavy atom. The quantitative estimate of drug-likeness (QED) is 0.699. The SMILES string of the molecule is CN(CC(=O)Nc1ccc(Br)cn1)Cc1cc(=O)n2ccsc2n1. The molecule has 3 aromatic heterocycles. The van der Waals surface area contributed by atoms with Crippen LogP contribution in [0.1, 0.15) is 5.69 Å². The first-order valence-electron chi connectivity index (χ1n) is 7.07. The van der Waals surface area contributed by atoms with Crippen LogP contribution in [0.5, 0.6) is 0 Å². The first kappa shape index (κ1) is 16.7. The van der Waals surface area contributed by atoms with Gasteiger partial charge in [-0.05, 0) is 35.1 Å². The van der Waals surface area contributed by atoms with Crippen LogP contribution in [0, 0.1) is 0 Å². The zero-order chi connectivity index (χ0) is 17.1. The maximum Gasteiger partial charge on any atom is 0.258 e. The van der Waals surface area contributed by atoms with Crippen LogP contribution < -0.4 is 10.9 Å². The molecule has 7 nitrogen and oxygen atoms in total. The van der Waals surface area contributed by atoms with Crippen molar-refractivity contribution in [3.63, 3.8) is 0 Å². The Bertz CT molecular complexity index is 922. The van der Waals surface area contributed by atoms with E-state index in [1.54, 1.807) is 36.5 Å². The normalized spacial score (nSPS) is 11.1. The first-order chi connectivity index (χ1) is 11.5. The molecule has 24 heavy (non-hydrogen) atoms. The third-order valence-corrected chi connectivity index (χ3v) is 4.42. The third-order valence-electron chi connectivity index (χ3n) is 3.20. The molecule has 1 amide bonds. The van der Waals surface area contributed by atoms with Crippen molar-refractivity contribution in [2.45, 2.75) is 6.54 Å². The van der Waals surface area contributed by atoms with Crippen LogP contribution in [0.25, 0.3) is 4.96 Å². The summed E-state index contributed by atoms with van der Waals surface area (Å²) >= 11 is 4.69. The lowest BCUT2D eigenvalue weighted by Gasteiger charge is -2.15. The largest absolute Gasteiger partial charge is 0.310 e. The number of aromatic nitrogens is 3. The number of halogens is 1. The summed E-state index contributed by atoms with van der Waals surface area (Å²) in [7, 11) is 1.80. The summed E-state index contributed by atoms with van der Waals surface area (Å²) in [6.07, 6.45) is 3.31. The molecule has 124 valence electrons. The Morgan fingerprint density at radius 2 is 2.29 bits per heavy atom. The fourth-order valence-corrected chi connectivity index (χ4v) is 3.15. The van der Waals surface area contributed by atoms with E-state index < -0.39 is 0 Å². The highest BCUT2D eigenvalue weighted by atomic mass is 79.9. The van der Waals surface area contributed by atoms with Gasteiger partial charge in [0, 0.05) is 34.9 Å². The van der Waals surface area contributed by atoms with Crippen molar-refractivity contribution in [3.05, 3.63) is 56.5 Å². The molecule has 9 heteroatoms. The van der Waals surface area contributed by atoms with Crippen molar-refractivity contribution in [3.8, 4) is 0 Å². The smallest absolute Gasteiger partial charge is 0.258 e. The van der Waals surface area contributed by atoms with E-state index in [1.165, 1.54) is 21.8 Å². The lowest BCUT2D eigenvalue weighted by molar-refractivity contribution is -0.117. The van der Waals surface area contributed by atoms with E-state index in [9.17, 15) is 9.59 Å². The second-order valence-corrected chi connectivity index (χ2v) is 7.01. The molecule has 0 aliphatic carbocycles. The number of thiazole rings is 1. The topological polar surface area (TPSA) is 79.6 Å². The van der Waals surface area contributed by atoms with Gasteiger partial charge < -0.3 is 5.32 Å². The minimum atomic E-state index is -0.179. The molecule has 0 spiro atoms. The molecular formula is C15H14BrN5O2S. The highest BCUT2D eigenvalue weighted by Crippen LogP contribution is 2.11.